The number of nitrogens with two attached hydrogens (primary N) is 1. The first-order valence-corrected chi connectivity index (χ1v) is 10.9. The lowest BCUT2D eigenvalue weighted by atomic mass is 10.1. The van der Waals surface area contributed by atoms with Crippen molar-refractivity contribution >= 4 is 11.6 Å². The molecule has 1 aliphatic heterocycles. The number of hydrogen-bond donors (Lipinski definition) is 2. The van der Waals surface area contributed by atoms with Crippen LogP contribution in [0.2, 0.25) is 0 Å². The molecule has 0 atom stereocenters. The molecule has 168 valence electrons. The van der Waals surface area contributed by atoms with E-state index in [0.29, 0.717) is 24.0 Å². The van der Waals surface area contributed by atoms with Crippen molar-refractivity contribution < 1.29 is 4.74 Å². The molecule has 0 radical (unpaired) electrons. The Morgan fingerprint density at radius 2 is 1.75 bits per heavy atom. The Morgan fingerprint density at radius 3 is 2.47 bits per heavy atom. The number of nitrogens with zero attached hydrogens (tertiary/aromatic N) is 5. The Bertz CT molecular complexity index is 1030. The van der Waals surface area contributed by atoms with Gasteiger partial charge in [0.2, 0.25) is 5.88 Å². The lowest BCUT2D eigenvalue weighted by molar-refractivity contribution is 0.312. The molecule has 8 heteroatoms. The Morgan fingerprint density at radius 1 is 1.00 bits per heavy atom. The first kappa shape index (κ1) is 22.0. The van der Waals surface area contributed by atoms with E-state index in [4.69, 9.17) is 15.5 Å². The molecule has 1 aliphatic rings. The SMILES string of the molecule is CN1CCN(c2cccc(-c3ccc(Oc4cncc(NCC(C)(C)N)n4)cc3)n2)CC1. The smallest absolute Gasteiger partial charge is 0.239 e. The first-order chi connectivity index (χ1) is 15.4. The molecule has 32 heavy (non-hydrogen) atoms. The lowest BCUT2D eigenvalue weighted by Crippen LogP contribution is -2.44. The second kappa shape index (κ2) is 9.50. The average molecular weight is 434 g/mol. The number of anilines is 2. The van der Waals surface area contributed by atoms with E-state index in [9.17, 15) is 0 Å². The third kappa shape index (κ3) is 5.93. The number of benzene rings is 1. The third-order valence-corrected chi connectivity index (χ3v) is 5.27. The van der Waals surface area contributed by atoms with E-state index in [1.165, 1.54) is 0 Å². The maximum Gasteiger partial charge on any atom is 0.239 e. The lowest BCUT2D eigenvalue weighted by Gasteiger charge is -2.33. The minimum atomic E-state index is -0.343. The van der Waals surface area contributed by atoms with Crippen LogP contribution < -0.4 is 20.7 Å². The van der Waals surface area contributed by atoms with Gasteiger partial charge in [-0.1, -0.05) is 6.07 Å². The molecule has 1 fully saturated rings. The summed E-state index contributed by atoms with van der Waals surface area (Å²) in [6.45, 7) is 8.59. The Kier molecular flexibility index (Phi) is 6.53. The number of nitrogens with one attached hydrogen (secondary N) is 1. The van der Waals surface area contributed by atoms with Crippen molar-refractivity contribution in [3.63, 3.8) is 0 Å². The summed E-state index contributed by atoms with van der Waals surface area (Å²) >= 11 is 0. The molecular formula is C24H31N7O. The second-order valence-corrected chi connectivity index (χ2v) is 8.88. The van der Waals surface area contributed by atoms with Gasteiger partial charge in [0.15, 0.2) is 0 Å². The monoisotopic (exact) mass is 433 g/mol. The van der Waals surface area contributed by atoms with Gasteiger partial charge in [-0.05, 0) is 57.3 Å². The van der Waals surface area contributed by atoms with Gasteiger partial charge in [0.1, 0.15) is 17.4 Å². The number of aromatic nitrogens is 3. The molecule has 3 N–H and O–H groups in total. The van der Waals surface area contributed by atoms with Gasteiger partial charge < -0.3 is 25.6 Å². The van der Waals surface area contributed by atoms with E-state index in [1.807, 2.05) is 44.2 Å². The minimum absolute atomic E-state index is 0.343. The van der Waals surface area contributed by atoms with Gasteiger partial charge in [0.05, 0.1) is 18.1 Å². The summed E-state index contributed by atoms with van der Waals surface area (Å²) in [4.78, 5) is 18.2. The summed E-state index contributed by atoms with van der Waals surface area (Å²) in [7, 11) is 2.16. The average Bonchev–Trinajstić information content (AvgIpc) is 2.79. The van der Waals surface area contributed by atoms with E-state index in [0.717, 1.165) is 43.3 Å². The van der Waals surface area contributed by atoms with Gasteiger partial charge in [0, 0.05) is 43.8 Å². The molecule has 3 aromatic rings. The van der Waals surface area contributed by atoms with Crippen molar-refractivity contribution in [3.8, 4) is 22.9 Å². The van der Waals surface area contributed by atoms with Crippen molar-refractivity contribution in [2.24, 2.45) is 5.73 Å². The zero-order valence-corrected chi connectivity index (χ0v) is 19.0. The maximum atomic E-state index is 6.01. The number of hydrogen-bond acceptors (Lipinski definition) is 8. The Hall–Kier alpha value is -3.23. The van der Waals surface area contributed by atoms with E-state index >= 15 is 0 Å². The van der Waals surface area contributed by atoms with E-state index in [1.54, 1.807) is 12.4 Å². The number of rotatable bonds is 7. The fourth-order valence-electron chi connectivity index (χ4n) is 3.41. The molecule has 0 saturated carbocycles. The van der Waals surface area contributed by atoms with E-state index in [2.05, 4.69) is 44.3 Å². The molecule has 4 rings (SSSR count). The van der Waals surface area contributed by atoms with E-state index in [-0.39, 0.29) is 5.54 Å². The van der Waals surface area contributed by atoms with Crippen molar-refractivity contribution in [2.45, 2.75) is 19.4 Å². The summed E-state index contributed by atoms with van der Waals surface area (Å²) in [5.41, 5.74) is 7.66. The fraction of sp³-hybridized carbons (Fsp3) is 0.375. The van der Waals surface area contributed by atoms with Crippen LogP contribution in [0.3, 0.4) is 0 Å². The van der Waals surface area contributed by atoms with Crippen LogP contribution in [0.5, 0.6) is 11.6 Å². The predicted octanol–water partition coefficient (Wildman–Crippen LogP) is 3.23. The summed E-state index contributed by atoms with van der Waals surface area (Å²) in [6.07, 6.45) is 3.24. The highest BCUT2D eigenvalue weighted by Crippen LogP contribution is 2.26. The zero-order valence-electron chi connectivity index (χ0n) is 19.0. The largest absolute Gasteiger partial charge is 0.437 e. The van der Waals surface area contributed by atoms with Crippen LogP contribution in [0, 0.1) is 0 Å². The molecular weight excluding hydrogens is 402 g/mol. The van der Waals surface area contributed by atoms with Crippen molar-refractivity contribution in [3.05, 3.63) is 54.9 Å². The number of piperazine rings is 1. The predicted molar refractivity (Wildman–Crippen MR) is 128 cm³/mol. The molecule has 8 nitrogen and oxygen atoms in total. The zero-order chi connectivity index (χ0) is 22.6. The summed E-state index contributed by atoms with van der Waals surface area (Å²) in [6, 6.07) is 14.0. The second-order valence-electron chi connectivity index (χ2n) is 8.88. The van der Waals surface area contributed by atoms with Gasteiger partial charge in [-0.2, -0.15) is 4.98 Å². The summed E-state index contributed by atoms with van der Waals surface area (Å²) in [5.74, 6) is 2.76. The number of likely N-dealkylation sites (N-methyl/N-ethyl adjacent to an activating group) is 1. The van der Waals surface area contributed by atoms with Crippen LogP contribution in [-0.4, -0.2) is 65.2 Å². The molecule has 0 bridgehead atoms. The van der Waals surface area contributed by atoms with Crippen LogP contribution in [-0.2, 0) is 0 Å². The van der Waals surface area contributed by atoms with Crippen LogP contribution in [0.1, 0.15) is 13.8 Å². The van der Waals surface area contributed by atoms with Crippen LogP contribution in [0.25, 0.3) is 11.3 Å². The standard InChI is InChI=1S/C24H31N7O/c1-24(2,25)17-27-21-15-26-16-23(29-21)32-19-9-7-18(8-10-19)20-5-4-6-22(28-20)31-13-11-30(3)12-14-31/h4-10,15-16H,11-14,17,25H2,1-3H3,(H,27,29). The minimum Gasteiger partial charge on any atom is -0.437 e. The molecule has 1 saturated heterocycles. The Balaban J connectivity index is 1.42. The van der Waals surface area contributed by atoms with Crippen LogP contribution in [0.15, 0.2) is 54.9 Å². The quantitative estimate of drug-likeness (QED) is 0.587. The Labute approximate surface area is 189 Å². The highest BCUT2D eigenvalue weighted by Gasteiger charge is 2.16. The van der Waals surface area contributed by atoms with Crippen LogP contribution in [0.4, 0.5) is 11.6 Å². The number of pyridine rings is 1. The van der Waals surface area contributed by atoms with E-state index < -0.39 is 0 Å². The van der Waals surface area contributed by atoms with Crippen molar-refractivity contribution in [1.29, 1.82) is 0 Å². The molecule has 2 aromatic heterocycles. The van der Waals surface area contributed by atoms with Crippen molar-refractivity contribution in [2.75, 3.05) is 50.0 Å². The normalized spacial score (nSPS) is 14.9. The highest BCUT2D eigenvalue weighted by molar-refractivity contribution is 5.62. The molecule has 1 aromatic carbocycles. The highest BCUT2D eigenvalue weighted by atomic mass is 16.5. The first-order valence-electron chi connectivity index (χ1n) is 10.9. The van der Waals surface area contributed by atoms with Gasteiger partial charge in [-0.15, -0.1) is 0 Å². The van der Waals surface area contributed by atoms with Gasteiger partial charge in [-0.25, -0.2) is 4.98 Å². The molecule has 3 heterocycles. The molecule has 0 amide bonds. The maximum absolute atomic E-state index is 6.01. The number of ether oxygens (including phenoxy) is 1. The van der Waals surface area contributed by atoms with Gasteiger partial charge in [-0.3, -0.25) is 4.98 Å². The van der Waals surface area contributed by atoms with Crippen molar-refractivity contribution in [1.82, 2.24) is 19.9 Å². The summed E-state index contributed by atoms with van der Waals surface area (Å²) in [5, 5.41) is 3.18. The molecule has 0 unspecified atom stereocenters. The fourth-order valence-corrected chi connectivity index (χ4v) is 3.41. The third-order valence-electron chi connectivity index (χ3n) is 5.27. The topological polar surface area (TPSA) is 92.4 Å². The summed E-state index contributed by atoms with van der Waals surface area (Å²) < 4.78 is 5.89. The molecule has 0 spiro atoms. The van der Waals surface area contributed by atoms with Gasteiger partial charge >= 0.3 is 0 Å². The van der Waals surface area contributed by atoms with Crippen LogP contribution >= 0.6 is 0 Å². The van der Waals surface area contributed by atoms with Gasteiger partial charge in [0.25, 0.3) is 0 Å². The molecule has 0 aliphatic carbocycles.